The van der Waals surface area contributed by atoms with Crippen LogP contribution in [0.1, 0.15) is 0 Å². The van der Waals surface area contributed by atoms with Gasteiger partial charge in [-0.3, -0.25) is 0 Å². The van der Waals surface area contributed by atoms with Crippen molar-refractivity contribution >= 4 is 32.4 Å². The third-order valence-electron chi connectivity index (χ3n) is 2.00. The van der Waals surface area contributed by atoms with Crippen molar-refractivity contribution in [3.8, 4) is 0 Å². The molecule has 0 saturated heterocycles. The summed E-state index contributed by atoms with van der Waals surface area (Å²) in [5, 5.41) is 1.68. The number of nitrogen functional groups attached to an aromatic ring is 1. The molecule has 0 amide bonds. The highest BCUT2D eigenvalue weighted by atomic mass is 79.9. The number of hydrogen-bond donors (Lipinski definition) is 1. The van der Waals surface area contributed by atoms with Gasteiger partial charge in [-0.05, 0) is 17.5 Å². The summed E-state index contributed by atoms with van der Waals surface area (Å²) < 4.78 is 14.0. The second-order valence-electron chi connectivity index (χ2n) is 2.80. The second kappa shape index (κ2) is 3.00. The van der Waals surface area contributed by atoms with Gasteiger partial charge < -0.3 is 5.73 Å². The monoisotopic (exact) mass is 239 g/mol. The van der Waals surface area contributed by atoms with E-state index in [0.717, 1.165) is 15.2 Å². The van der Waals surface area contributed by atoms with Gasteiger partial charge in [-0.1, -0.05) is 34.1 Å². The van der Waals surface area contributed by atoms with Crippen LogP contribution in [0.2, 0.25) is 0 Å². The summed E-state index contributed by atoms with van der Waals surface area (Å²) in [4.78, 5) is 0. The van der Waals surface area contributed by atoms with E-state index < -0.39 is 0 Å². The molecule has 0 atom stereocenters. The Hall–Kier alpha value is -1.09. The molecule has 0 spiro atoms. The predicted molar refractivity (Wildman–Crippen MR) is 56.0 cm³/mol. The maximum Gasteiger partial charge on any atom is 0.146 e. The van der Waals surface area contributed by atoms with Crippen molar-refractivity contribution in [2.24, 2.45) is 0 Å². The molecule has 0 unspecified atom stereocenters. The SMILES string of the molecule is Nc1c(F)ccc2c(Br)cccc12. The van der Waals surface area contributed by atoms with E-state index in [1.807, 2.05) is 12.1 Å². The van der Waals surface area contributed by atoms with Gasteiger partial charge in [0, 0.05) is 9.86 Å². The zero-order valence-corrected chi connectivity index (χ0v) is 8.31. The Bertz CT molecular complexity index is 468. The van der Waals surface area contributed by atoms with Gasteiger partial charge in [-0.15, -0.1) is 0 Å². The van der Waals surface area contributed by atoms with Gasteiger partial charge in [0.2, 0.25) is 0 Å². The van der Waals surface area contributed by atoms with E-state index in [2.05, 4.69) is 15.9 Å². The maximum atomic E-state index is 13.0. The third kappa shape index (κ3) is 1.29. The highest BCUT2D eigenvalue weighted by Gasteiger charge is 2.04. The summed E-state index contributed by atoms with van der Waals surface area (Å²) in [5.41, 5.74) is 5.80. The molecule has 1 nitrogen and oxygen atoms in total. The van der Waals surface area contributed by atoms with Crippen LogP contribution in [0.15, 0.2) is 34.8 Å². The van der Waals surface area contributed by atoms with Gasteiger partial charge in [-0.2, -0.15) is 0 Å². The van der Waals surface area contributed by atoms with Crippen molar-refractivity contribution in [3.63, 3.8) is 0 Å². The molecule has 66 valence electrons. The fraction of sp³-hybridized carbons (Fsp3) is 0. The number of nitrogens with two attached hydrogens (primary N) is 1. The van der Waals surface area contributed by atoms with E-state index in [9.17, 15) is 4.39 Å². The summed E-state index contributed by atoms with van der Waals surface area (Å²) in [6.45, 7) is 0. The van der Waals surface area contributed by atoms with Crippen LogP contribution in [0.3, 0.4) is 0 Å². The Morgan fingerprint density at radius 3 is 2.62 bits per heavy atom. The molecule has 0 aliphatic carbocycles. The molecule has 0 saturated carbocycles. The molecule has 0 bridgehead atoms. The topological polar surface area (TPSA) is 26.0 Å². The molecule has 0 aliphatic rings. The number of rotatable bonds is 0. The van der Waals surface area contributed by atoms with Gasteiger partial charge in [0.15, 0.2) is 0 Å². The van der Waals surface area contributed by atoms with E-state index in [1.165, 1.54) is 6.07 Å². The smallest absolute Gasteiger partial charge is 0.146 e. The van der Waals surface area contributed by atoms with Crippen LogP contribution in [0.25, 0.3) is 10.8 Å². The lowest BCUT2D eigenvalue weighted by Gasteiger charge is -2.04. The van der Waals surface area contributed by atoms with Gasteiger partial charge in [0.1, 0.15) is 5.82 Å². The van der Waals surface area contributed by atoms with Crippen LogP contribution < -0.4 is 5.73 Å². The Morgan fingerprint density at radius 1 is 1.08 bits per heavy atom. The van der Waals surface area contributed by atoms with E-state index in [1.54, 1.807) is 12.1 Å². The first-order valence-electron chi connectivity index (χ1n) is 3.82. The fourth-order valence-corrected chi connectivity index (χ4v) is 1.81. The molecule has 0 radical (unpaired) electrons. The lowest BCUT2D eigenvalue weighted by atomic mass is 10.1. The van der Waals surface area contributed by atoms with Gasteiger partial charge >= 0.3 is 0 Å². The zero-order valence-electron chi connectivity index (χ0n) is 6.72. The van der Waals surface area contributed by atoms with Crippen LogP contribution in [-0.2, 0) is 0 Å². The highest BCUT2D eigenvalue weighted by Crippen LogP contribution is 2.29. The number of hydrogen-bond acceptors (Lipinski definition) is 1. The number of fused-ring (bicyclic) bond motifs is 1. The molecule has 2 aromatic rings. The van der Waals surface area contributed by atoms with Crippen molar-refractivity contribution in [2.45, 2.75) is 0 Å². The van der Waals surface area contributed by atoms with E-state index in [0.29, 0.717) is 0 Å². The lowest BCUT2D eigenvalue weighted by Crippen LogP contribution is -1.91. The van der Waals surface area contributed by atoms with E-state index in [-0.39, 0.29) is 11.5 Å². The zero-order chi connectivity index (χ0) is 9.42. The van der Waals surface area contributed by atoms with Crippen LogP contribution in [0.5, 0.6) is 0 Å². The molecular formula is C10H7BrFN. The van der Waals surface area contributed by atoms with Crippen LogP contribution >= 0.6 is 15.9 Å². The van der Waals surface area contributed by atoms with Crippen LogP contribution in [0.4, 0.5) is 10.1 Å². The summed E-state index contributed by atoms with van der Waals surface area (Å²) in [6.07, 6.45) is 0. The molecule has 0 fully saturated rings. The molecular weight excluding hydrogens is 233 g/mol. The normalized spacial score (nSPS) is 10.6. The van der Waals surface area contributed by atoms with E-state index >= 15 is 0 Å². The number of halogens is 2. The minimum absolute atomic E-state index is 0.207. The lowest BCUT2D eigenvalue weighted by molar-refractivity contribution is 0.634. The third-order valence-corrected chi connectivity index (χ3v) is 2.69. The molecule has 0 heterocycles. The summed E-state index contributed by atoms with van der Waals surface area (Å²) in [7, 11) is 0. The van der Waals surface area contributed by atoms with Gasteiger partial charge in [0.05, 0.1) is 5.69 Å². The minimum atomic E-state index is -0.370. The highest BCUT2D eigenvalue weighted by molar-refractivity contribution is 9.10. The Kier molecular flexibility index (Phi) is 1.96. The van der Waals surface area contributed by atoms with Crippen molar-refractivity contribution in [3.05, 3.63) is 40.6 Å². The predicted octanol–water partition coefficient (Wildman–Crippen LogP) is 3.32. The average Bonchev–Trinajstić information content (AvgIpc) is 2.12. The second-order valence-corrected chi connectivity index (χ2v) is 3.65. The first kappa shape index (κ1) is 8.51. The van der Waals surface area contributed by atoms with E-state index in [4.69, 9.17) is 5.73 Å². The van der Waals surface area contributed by atoms with Crippen molar-refractivity contribution < 1.29 is 4.39 Å². The Morgan fingerprint density at radius 2 is 1.85 bits per heavy atom. The molecule has 3 heteroatoms. The Balaban J connectivity index is 2.94. The fourth-order valence-electron chi connectivity index (χ4n) is 1.32. The standard InChI is InChI=1S/C10H7BrFN/c11-8-3-1-2-7-6(8)4-5-9(12)10(7)13/h1-5H,13H2. The van der Waals surface area contributed by atoms with Crippen molar-refractivity contribution in [2.75, 3.05) is 5.73 Å². The molecule has 13 heavy (non-hydrogen) atoms. The number of benzene rings is 2. The minimum Gasteiger partial charge on any atom is -0.396 e. The molecule has 0 aliphatic heterocycles. The van der Waals surface area contributed by atoms with Gasteiger partial charge in [-0.25, -0.2) is 4.39 Å². The maximum absolute atomic E-state index is 13.0. The largest absolute Gasteiger partial charge is 0.396 e. The molecule has 0 aromatic heterocycles. The van der Waals surface area contributed by atoms with Crippen LogP contribution in [0, 0.1) is 5.82 Å². The van der Waals surface area contributed by atoms with Gasteiger partial charge in [0.25, 0.3) is 0 Å². The number of anilines is 1. The summed E-state index contributed by atoms with van der Waals surface area (Å²) in [6, 6.07) is 8.63. The van der Waals surface area contributed by atoms with Crippen molar-refractivity contribution in [1.82, 2.24) is 0 Å². The summed E-state index contributed by atoms with van der Waals surface area (Å²) >= 11 is 3.38. The molecule has 2 aromatic carbocycles. The first-order valence-corrected chi connectivity index (χ1v) is 4.61. The van der Waals surface area contributed by atoms with Crippen molar-refractivity contribution in [1.29, 1.82) is 0 Å². The summed E-state index contributed by atoms with van der Waals surface area (Å²) in [5.74, 6) is -0.370. The Labute approximate surface area is 83.5 Å². The quantitative estimate of drug-likeness (QED) is 0.702. The average molecular weight is 240 g/mol. The van der Waals surface area contributed by atoms with Crippen LogP contribution in [-0.4, -0.2) is 0 Å². The molecule has 2 N–H and O–H groups in total. The molecule has 2 rings (SSSR count). The first-order chi connectivity index (χ1) is 6.20.